The van der Waals surface area contributed by atoms with E-state index in [1.807, 2.05) is 0 Å². The molecule has 0 saturated carbocycles. The molecule has 15 heavy (non-hydrogen) atoms. The number of benzene rings is 1. The predicted octanol–water partition coefficient (Wildman–Crippen LogP) is 2.80. The molecule has 5 nitrogen and oxygen atoms in total. The van der Waals surface area contributed by atoms with E-state index in [0.717, 1.165) is 12.1 Å². The largest absolute Gasteiger partial charge is 0.476 e. The van der Waals surface area contributed by atoms with E-state index in [2.05, 4.69) is 0 Å². The molecule has 0 N–H and O–H groups in total. The van der Waals surface area contributed by atoms with Crippen LogP contribution in [-0.4, -0.2) is 11.5 Å². The lowest BCUT2D eigenvalue weighted by Crippen LogP contribution is -1.96. The molecule has 7 heteroatoms. The zero-order valence-corrected chi connectivity index (χ0v) is 8.75. The van der Waals surface area contributed by atoms with Gasteiger partial charge in [-0.2, -0.15) is 5.26 Å². The molecule has 0 aliphatic rings. The number of halogens is 2. The van der Waals surface area contributed by atoms with Crippen LogP contribution in [0.2, 0.25) is 10.0 Å². The monoisotopic (exact) mass is 246 g/mol. The van der Waals surface area contributed by atoms with Crippen molar-refractivity contribution in [3.63, 3.8) is 0 Å². The van der Waals surface area contributed by atoms with Crippen molar-refractivity contribution < 1.29 is 9.66 Å². The molecular weight excluding hydrogens is 243 g/mol. The van der Waals surface area contributed by atoms with E-state index in [4.69, 9.17) is 33.2 Å². The summed E-state index contributed by atoms with van der Waals surface area (Å²) >= 11 is 11.4. The van der Waals surface area contributed by atoms with Gasteiger partial charge in [-0.25, -0.2) is 0 Å². The Kier molecular flexibility index (Phi) is 3.72. The summed E-state index contributed by atoms with van der Waals surface area (Å²) in [5, 5.41) is 18.7. The van der Waals surface area contributed by atoms with E-state index in [9.17, 15) is 10.1 Å². The van der Waals surface area contributed by atoms with Crippen LogP contribution in [-0.2, 0) is 0 Å². The molecule has 78 valence electrons. The van der Waals surface area contributed by atoms with Crippen LogP contribution < -0.4 is 4.74 Å². The van der Waals surface area contributed by atoms with Crippen molar-refractivity contribution >= 4 is 28.9 Å². The number of nitro benzene ring substituents is 1. The minimum Gasteiger partial charge on any atom is -0.476 e. The molecular formula is C8H4Cl2N2O3. The van der Waals surface area contributed by atoms with Crippen LogP contribution in [0.4, 0.5) is 5.69 Å². The molecule has 0 radical (unpaired) electrons. The average molecular weight is 247 g/mol. The number of nitrogens with zero attached hydrogens (tertiary/aromatic N) is 2. The van der Waals surface area contributed by atoms with Crippen LogP contribution in [0, 0.1) is 21.4 Å². The van der Waals surface area contributed by atoms with Crippen LogP contribution >= 0.6 is 23.2 Å². The normalized spacial score (nSPS) is 9.40. The highest BCUT2D eigenvalue weighted by atomic mass is 35.5. The van der Waals surface area contributed by atoms with E-state index < -0.39 is 4.92 Å². The predicted molar refractivity (Wildman–Crippen MR) is 54.2 cm³/mol. The number of rotatable bonds is 3. The number of hydrogen-bond donors (Lipinski definition) is 0. The average Bonchev–Trinajstić information content (AvgIpc) is 2.16. The maximum Gasteiger partial charge on any atom is 0.272 e. The first-order valence-corrected chi connectivity index (χ1v) is 4.45. The first kappa shape index (κ1) is 11.6. The second kappa shape index (κ2) is 4.82. The Morgan fingerprint density at radius 1 is 1.47 bits per heavy atom. The van der Waals surface area contributed by atoms with Gasteiger partial charge in [0.15, 0.2) is 12.4 Å². The Balaban J connectivity index is 3.11. The highest BCUT2D eigenvalue weighted by Gasteiger charge is 2.15. The molecule has 0 spiro atoms. The molecule has 1 rings (SSSR count). The summed E-state index contributed by atoms with van der Waals surface area (Å²) in [6, 6.07) is 3.96. The molecule has 1 aromatic rings. The maximum atomic E-state index is 10.4. The number of nitro groups is 1. The number of non-ortho nitro benzene ring substituents is 1. The Morgan fingerprint density at radius 2 is 2.00 bits per heavy atom. The van der Waals surface area contributed by atoms with E-state index >= 15 is 0 Å². The molecule has 0 heterocycles. The lowest BCUT2D eigenvalue weighted by atomic mass is 10.3. The van der Waals surface area contributed by atoms with Crippen molar-refractivity contribution in [1.82, 2.24) is 0 Å². The van der Waals surface area contributed by atoms with Crippen LogP contribution in [0.15, 0.2) is 12.1 Å². The van der Waals surface area contributed by atoms with Gasteiger partial charge in [-0.1, -0.05) is 23.2 Å². The third kappa shape index (κ3) is 2.72. The summed E-state index contributed by atoms with van der Waals surface area (Å²) < 4.78 is 4.90. The highest BCUT2D eigenvalue weighted by molar-refractivity contribution is 6.37. The first-order chi connectivity index (χ1) is 7.06. The molecule has 0 aliphatic carbocycles. The van der Waals surface area contributed by atoms with Crippen LogP contribution in [0.3, 0.4) is 0 Å². The minimum atomic E-state index is -0.619. The van der Waals surface area contributed by atoms with Crippen LogP contribution in [0.25, 0.3) is 0 Å². The molecule has 0 aliphatic heterocycles. The smallest absolute Gasteiger partial charge is 0.272 e. The summed E-state index contributed by atoms with van der Waals surface area (Å²) in [6.45, 7) is -0.225. The Labute approximate surface area is 94.9 Å². The van der Waals surface area contributed by atoms with Gasteiger partial charge in [0, 0.05) is 12.1 Å². The molecule has 0 saturated heterocycles. The highest BCUT2D eigenvalue weighted by Crippen LogP contribution is 2.36. The van der Waals surface area contributed by atoms with Gasteiger partial charge < -0.3 is 4.74 Å². The third-order valence-electron chi connectivity index (χ3n) is 1.47. The zero-order chi connectivity index (χ0) is 11.4. The molecule has 1 aromatic carbocycles. The number of nitriles is 1. The van der Waals surface area contributed by atoms with Gasteiger partial charge in [-0.05, 0) is 0 Å². The summed E-state index contributed by atoms with van der Waals surface area (Å²) in [5.74, 6) is 0.0745. The lowest BCUT2D eigenvalue weighted by Gasteiger charge is -2.05. The van der Waals surface area contributed by atoms with Gasteiger partial charge in [0.25, 0.3) is 5.69 Å². The van der Waals surface area contributed by atoms with Crippen molar-refractivity contribution in [3.8, 4) is 11.8 Å². The second-order valence-corrected chi connectivity index (χ2v) is 3.26. The summed E-state index contributed by atoms with van der Waals surface area (Å²) in [5.41, 5.74) is -0.227. The molecule has 0 amide bonds. The van der Waals surface area contributed by atoms with Gasteiger partial charge in [0.1, 0.15) is 6.07 Å². The molecule has 0 fully saturated rings. The van der Waals surface area contributed by atoms with E-state index in [-0.39, 0.29) is 28.1 Å². The maximum absolute atomic E-state index is 10.4. The lowest BCUT2D eigenvalue weighted by molar-refractivity contribution is -0.384. The van der Waals surface area contributed by atoms with Crippen molar-refractivity contribution in [3.05, 3.63) is 32.3 Å². The standard InChI is InChI=1S/C8H4Cl2N2O3/c9-6-3-5(12(13)14)4-7(10)8(6)15-2-1-11/h3-4H,2H2. The fraction of sp³-hybridized carbons (Fsp3) is 0.125. The van der Waals surface area contributed by atoms with Gasteiger partial charge >= 0.3 is 0 Å². The zero-order valence-electron chi connectivity index (χ0n) is 7.24. The van der Waals surface area contributed by atoms with Crippen molar-refractivity contribution in [2.45, 2.75) is 0 Å². The summed E-state index contributed by atoms with van der Waals surface area (Å²) in [4.78, 5) is 9.81. The molecule has 0 aromatic heterocycles. The van der Waals surface area contributed by atoms with Gasteiger partial charge in [-0.3, -0.25) is 10.1 Å². The fourth-order valence-corrected chi connectivity index (χ4v) is 1.48. The van der Waals surface area contributed by atoms with Crippen LogP contribution in [0.1, 0.15) is 0 Å². The van der Waals surface area contributed by atoms with Crippen molar-refractivity contribution in [2.75, 3.05) is 6.61 Å². The van der Waals surface area contributed by atoms with Gasteiger partial charge in [0.2, 0.25) is 0 Å². The Hall–Kier alpha value is -1.51. The van der Waals surface area contributed by atoms with Crippen LogP contribution in [0.5, 0.6) is 5.75 Å². The van der Waals surface area contributed by atoms with E-state index in [1.54, 1.807) is 6.07 Å². The quantitative estimate of drug-likeness (QED) is 0.607. The van der Waals surface area contributed by atoms with E-state index in [0.29, 0.717) is 0 Å². The van der Waals surface area contributed by atoms with Crippen molar-refractivity contribution in [2.24, 2.45) is 0 Å². The van der Waals surface area contributed by atoms with Crippen molar-refractivity contribution in [1.29, 1.82) is 5.26 Å². The minimum absolute atomic E-state index is 0.00412. The Morgan fingerprint density at radius 3 is 2.40 bits per heavy atom. The van der Waals surface area contributed by atoms with Gasteiger partial charge in [0.05, 0.1) is 15.0 Å². The Bertz CT molecular complexity index is 419. The fourth-order valence-electron chi connectivity index (χ4n) is 0.894. The SMILES string of the molecule is N#CCOc1c(Cl)cc([N+](=O)[O-])cc1Cl. The molecule has 0 bridgehead atoms. The summed E-state index contributed by atoms with van der Waals surface area (Å²) in [7, 11) is 0. The second-order valence-electron chi connectivity index (χ2n) is 2.44. The molecule has 0 atom stereocenters. The van der Waals surface area contributed by atoms with Gasteiger partial charge in [-0.15, -0.1) is 0 Å². The topological polar surface area (TPSA) is 76.2 Å². The third-order valence-corrected chi connectivity index (χ3v) is 2.04. The summed E-state index contributed by atoms with van der Waals surface area (Å²) in [6.07, 6.45) is 0. The first-order valence-electron chi connectivity index (χ1n) is 3.69. The number of ether oxygens (including phenoxy) is 1. The molecule has 0 unspecified atom stereocenters. The number of hydrogen-bond acceptors (Lipinski definition) is 4. The van der Waals surface area contributed by atoms with E-state index in [1.165, 1.54) is 0 Å².